The molecule has 7 nitrogen and oxygen atoms in total. The monoisotopic (exact) mass is 526 g/mol. The van der Waals surface area contributed by atoms with Crippen LogP contribution in [0.4, 0.5) is 5.13 Å². The Morgan fingerprint density at radius 2 is 1.97 bits per heavy atom. The van der Waals surface area contributed by atoms with Gasteiger partial charge in [-0.2, -0.15) is 4.31 Å². The molecule has 5 rings (SSSR count). The predicted octanol–water partition coefficient (Wildman–Crippen LogP) is 4.98. The fraction of sp³-hybridized carbons (Fsp3) is 0.240. The molecule has 0 bridgehead atoms. The summed E-state index contributed by atoms with van der Waals surface area (Å²) in [7, 11) is -3.68. The Morgan fingerprint density at radius 1 is 1.14 bits per heavy atom. The van der Waals surface area contributed by atoms with Gasteiger partial charge in [0.2, 0.25) is 15.9 Å². The summed E-state index contributed by atoms with van der Waals surface area (Å²) < 4.78 is 28.7. The van der Waals surface area contributed by atoms with E-state index in [1.54, 1.807) is 53.7 Å². The highest BCUT2D eigenvalue weighted by Gasteiger charge is 2.36. The number of halogens is 1. The van der Waals surface area contributed by atoms with Crippen LogP contribution in [-0.4, -0.2) is 41.7 Å². The van der Waals surface area contributed by atoms with Crippen molar-refractivity contribution in [1.82, 2.24) is 14.3 Å². The van der Waals surface area contributed by atoms with Gasteiger partial charge in [0.05, 0.1) is 27.6 Å². The van der Waals surface area contributed by atoms with Crippen LogP contribution in [0.25, 0.3) is 10.2 Å². The molecule has 0 spiro atoms. The lowest BCUT2D eigenvalue weighted by molar-refractivity contribution is -0.123. The number of nitrogens with zero attached hydrogens (tertiary/aromatic N) is 4. The molecular weight excluding hydrogens is 504 g/mol. The van der Waals surface area contributed by atoms with E-state index in [0.717, 1.165) is 15.8 Å². The van der Waals surface area contributed by atoms with Crippen molar-refractivity contribution in [1.29, 1.82) is 0 Å². The summed E-state index contributed by atoms with van der Waals surface area (Å²) in [5.41, 5.74) is 1.62. The van der Waals surface area contributed by atoms with E-state index >= 15 is 0 Å². The summed E-state index contributed by atoms with van der Waals surface area (Å²) in [6.45, 7) is 0.821. The summed E-state index contributed by atoms with van der Waals surface area (Å²) in [4.78, 5) is 24.6. The third kappa shape index (κ3) is 5.08. The molecular formula is C25H23ClN4O3S2. The quantitative estimate of drug-likeness (QED) is 0.354. The molecule has 1 unspecified atom stereocenters. The maximum Gasteiger partial charge on any atom is 0.243 e. The fourth-order valence-electron chi connectivity index (χ4n) is 4.24. The second kappa shape index (κ2) is 10.0. The van der Waals surface area contributed by atoms with E-state index in [2.05, 4.69) is 4.98 Å². The fourth-order valence-corrected chi connectivity index (χ4v) is 7.03. The molecule has 1 amide bonds. The molecule has 0 N–H and O–H groups in total. The Labute approximate surface area is 213 Å². The van der Waals surface area contributed by atoms with Crippen LogP contribution in [0.1, 0.15) is 18.4 Å². The molecule has 1 saturated heterocycles. The molecule has 1 aliphatic rings. The number of pyridine rings is 1. The minimum Gasteiger partial charge on any atom is -0.283 e. The first kappa shape index (κ1) is 23.9. The minimum atomic E-state index is -3.68. The number of benzene rings is 2. The second-order valence-corrected chi connectivity index (χ2v) is 11.8. The molecule has 3 heterocycles. The van der Waals surface area contributed by atoms with Gasteiger partial charge in [-0.15, -0.1) is 0 Å². The molecule has 10 heteroatoms. The summed E-state index contributed by atoms with van der Waals surface area (Å²) in [5, 5.41) is 1.16. The van der Waals surface area contributed by atoms with Crippen molar-refractivity contribution >= 4 is 54.2 Å². The predicted molar refractivity (Wildman–Crippen MR) is 138 cm³/mol. The normalized spacial score (nSPS) is 16.9. The number of rotatable bonds is 6. The Hall–Kier alpha value is -2.85. The molecule has 4 aromatic rings. The zero-order valence-electron chi connectivity index (χ0n) is 18.7. The topological polar surface area (TPSA) is 83.5 Å². The first-order valence-corrected chi connectivity index (χ1v) is 13.9. The minimum absolute atomic E-state index is 0.135. The third-order valence-corrected chi connectivity index (χ3v) is 9.17. The van der Waals surface area contributed by atoms with Crippen molar-refractivity contribution in [3.63, 3.8) is 0 Å². The van der Waals surface area contributed by atoms with Crippen LogP contribution in [0.5, 0.6) is 0 Å². The Morgan fingerprint density at radius 3 is 2.74 bits per heavy atom. The number of carbonyl (C=O) groups is 1. The number of anilines is 1. The molecule has 2 aromatic carbocycles. The summed E-state index contributed by atoms with van der Waals surface area (Å²) in [6.07, 6.45) is 4.62. The zero-order valence-corrected chi connectivity index (χ0v) is 21.1. The van der Waals surface area contributed by atoms with E-state index in [1.165, 1.54) is 15.6 Å². The van der Waals surface area contributed by atoms with E-state index in [1.807, 2.05) is 24.3 Å². The van der Waals surface area contributed by atoms with Crippen LogP contribution in [0.2, 0.25) is 5.02 Å². The molecule has 1 aliphatic heterocycles. The number of fused-ring (bicyclic) bond motifs is 1. The van der Waals surface area contributed by atoms with Crippen molar-refractivity contribution in [3.8, 4) is 0 Å². The van der Waals surface area contributed by atoms with Crippen molar-refractivity contribution in [2.75, 3.05) is 18.0 Å². The Bertz CT molecular complexity index is 1450. The molecule has 2 aromatic heterocycles. The summed E-state index contributed by atoms with van der Waals surface area (Å²) >= 11 is 7.55. The first-order chi connectivity index (χ1) is 16.9. The van der Waals surface area contributed by atoms with E-state index in [-0.39, 0.29) is 17.3 Å². The SMILES string of the molecule is O=C(C1CCCN(S(=O)(=O)c2ccccc2)C1)N(Cc1cccnc1)c1nc2ccc(Cl)cc2s1. The van der Waals surface area contributed by atoms with Crippen LogP contribution < -0.4 is 4.90 Å². The van der Waals surface area contributed by atoms with Gasteiger partial charge in [0, 0.05) is 30.5 Å². The number of hydrogen-bond donors (Lipinski definition) is 0. The third-order valence-electron chi connectivity index (χ3n) is 6.01. The molecule has 1 fully saturated rings. The van der Waals surface area contributed by atoms with Crippen molar-refractivity contribution in [3.05, 3.63) is 83.6 Å². The van der Waals surface area contributed by atoms with Gasteiger partial charge in [-0.05, 0) is 54.8 Å². The highest BCUT2D eigenvalue weighted by Crippen LogP contribution is 2.34. The molecule has 0 radical (unpaired) electrons. The molecule has 1 atom stereocenters. The van der Waals surface area contributed by atoms with E-state index < -0.39 is 15.9 Å². The lowest BCUT2D eigenvalue weighted by atomic mass is 9.98. The Kier molecular flexibility index (Phi) is 6.84. The van der Waals surface area contributed by atoms with Gasteiger partial charge >= 0.3 is 0 Å². The van der Waals surface area contributed by atoms with Gasteiger partial charge in [-0.3, -0.25) is 14.7 Å². The van der Waals surface area contributed by atoms with Gasteiger partial charge in [0.15, 0.2) is 5.13 Å². The maximum atomic E-state index is 13.9. The smallest absolute Gasteiger partial charge is 0.243 e. The van der Waals surface area contributed by atoms with Gasteiger partial charge in [0.1, 0.15) is 0 Å². The van der Waals surface area contributed by atoms with Gasteiger partial charge in [0.25, 0.3) is 0 Å². The average Bonchev–Trinajstić information content (AvgIpc) is 3.31. The number of sulfonamides is 1. The first-order valence-electron chi connectivity index (χ1n) is 11.2. The number of piperidine rings is 1. The van der Waals surface area contributed by atoms with Crippen LogP contribution in [0, 0.1) is 5.92 Å². The second-order valence-electron chi connectivity index (χ2n) is 8.41. The van der Waals surface area contributed by atoms with Crippen molar-refractivity contribution in [2.45, 2.75) is 24.3 Å². The van der Waals surface area contributed by atoms with Crippen LogP contribution in [-0.2, 0) is 21.4 Å². The molecule has 180 valence electrons. The zero-order chi connectivity index (χ0) is 24.4. The lowest BCUT2D eigenvalue weighted by Crippen LogP contribution is -2.46. The number of hydrogen-bond acceptors (Lipinski definition) is 6. The summed E-state index contributed by atoms with van der Waals surface area (Å²) in [5.74, 6) is -0.624. The number of amides is 1. The van der Waals surface area contributed by atoms with Crippen molar-refractivity contribution < 1.29 is 13.2 Å². The number of carbonyl (C=O) groups excluding carboxylic acids is 1. The molecule has 0 aliphatic carbocycles. The van der Waals surface area contributed by atoms with E-state index in [4.69, 9.17) is 16.6 Å². The maximum absolute atomic E-state index is 13.9. The Balaban J connectivity index is 1.45. The average molecular weight is 527 g/mol. The van der Waals surface area contributed by atoms with Crippen LogP contribution >= 0.6 is 22.9 Å². The van der Waals surface area contributed by atoms with E-state index in [9.17, 15) is 13.2 Å². The van der Waals surface area contributed by atoms with Gasteiger partial charge in [-0.1, -0.05) is 47.2 Å². The summed E-state index contributed by atoms with van der Waals surface area (Å²) in [6, 6.07) is 17.5. The van der Waals surface area contributed by atoms with Crippen molar-refractivity contribution in [2.24, 2.45) is 5.92 Å². The van der Waals surface area contributed by atoms with Crippen LogP contribution in [0.3, 0.4) is 0 Å². The molecule has 0 saturated carbocycles. The largest absolute Gasteiger partial charge is 0.283 e. The number of aromatic nitrogens is 2. The van der Waals surface area contributed by atoms with Gasteiger partial charge < -0.3 is 0 Å². The highest BCUT2D eigenvalue weighted by molar-refractivity contribution is 7.89. The standard InChI is InChI=1S/C25H23ClN4O3S2/c26-20-10-11-22-23(14-20)34-25(28-22)30(16-18-6-4-12-27-15-18)24(31)19-7-5-13-29(17-19)35(32,33)21-8-2-1-3-9-21/h1-4,6,8-12,14-15,19H,5,7,13,16-17H2. The molecule has 35 heavy (non-hydrogen) atoms. The van der Waals surface area contributed by atoms with Crippen LogP contribution in [0.15, 0.2) is 78.0 Å². The highest BCUT2D eigenvalue weighted by atomic mass is 35.5. The lowest BCUT2D eigenvalue weighted by Gasteiger charge is -2.33. The van der Waals surface area contributed by atoms with E-state index in [0.29, 0.717) is 36.1 Å². The van der Waals surface area contributed by atoms with Gasteiger partial charge in [-0.25, -0.2) is 13.4 Å². The number of thiazole rings is 1.